The number of carbonyl (C=O) groups excluding carboxylic acids is 1. The van der Waals surface area contributed by atoms with Gasteiger partial charge >= 0.3 is 6.03 Å². The van der Waals surface area contributed by atoms with E-state index in [0.717, 1.165) is 43.4 Å². The van der Waals surface area contributed by atoms with Gasteiger partial charge in [-0.3, -0.25) is 4.98 Å². The third kappa shape index (κ3) is 6.13. The van der Waals surface area contributed by atoms with Crippen LogP contribution < -0.4 is 20.1 Å². The number of methoxy groups -OCH3 is 1. The normalized spacial score (nSPS) is 19.1. The van der Waals surface area contributed by atoms with Gasteiger partial charge in [0.25, 0.3) is 0 Å². The van der Waals surface area contributed by atoms with E-state index in [2.05, 4.69) is 20.6 Å². The zero-order valence-corrected chi connectivity index (χ0v) is 15.6. The van der Waals surface area contributed by atoms with E-state index in [0.29, 0.717) is 12.4 Å². The highest BCUT2D eigenvalue weighted by atomic mass is 16.5. The van der Waals surface area contributed by atoms with Crippen LogP contribution in [0.25, 0.3) is 0 Å². The second-order valence-electron chi connectivity index (χ2n) is 6.63. The van der Waals surface area contributed by atoms with Gasteiger partial charge in [-0.1, -0.05) is 12.1 Å². The number of benzene rings is 1. The maximum atomic E-state index is 12.1. The lowest BCUT2D eigenvalue weighted by Crippen LogP contribution is -2.45. The largest absolute Gasteiger partial charge is 0.497 e. The molecule has 1 saturated carbocycles. The highest BCUT2D eigenvalue weighted by Gasteiger charge is 2.23. The first-order chi connectivity index (χ1) is 13.2. The Morgan fingerprint density at radius 2 is 1.93 bits per heavy atom. The van der Waals surface area contributed by atoms with Crippen molar-refractivity contribution in [3.8, 4) is 11.6 Å². The Morgan fingerprint density at radius 1 is 1.15 bits per heavy atom. The van der Waals surface area contributed by atoms with Crippen molar-refractivity contribution in [1.29, 1.82) is 0 Å². The van der Waals surface area contributed by atoms with Crippen molar-refractivity contribution in [2.75, 3.05) is 13.7 Å². The molecular weight excluding hydrogens is 344 g/mol. The second-order valence-corrected chi connectivity index (χ2v) is 6.63. The van der Waals surface area contributed by atoms with Crippen molar-refractivity contribution < 1.29 is 14.3 Å². The number of amides is 2. The van der Waals surface area contributed by atoms with Gasteiger partial charge < -0.3 is 20.1 Å². The molecule has 1 fully saturated rings. The van der Waals surface area contributed by atoms with E-state index >= 15 is 0 Å². The molecule has 1 aliphatic carbocycles. The molecule has 0 radical (unpaired) electrons. The molecule has 0 aliphatic heterocycles. The summed E-state index contributed by atoms with van der Waals surface area (Å²) in [7, 11) is 1.65. The summed E-state index contributed by atoms with van der Waals surface area (Å²) in [6, 6.07) is 7.95. The number of rotatable bonds is 7. The SMILES string of the molecule is COc1ccc(CCNC(=O)NC2CCC(Oc3cnccn3)CC2)cc1. The first-order valence-electron chi connectivity index (χ1n) is 9.33. The molecule has 27 heavy (non-hydrogen) atoms. The number of nitrogens with zero attached hydrogens (tertiary/aromatic N) is 2. The van der Waals surface area contributed by atoms with Gasteiger partial charge in [0.15, 0.2) is 0 Å². The molecule has 2 amide bonds. The minimum atomic E-state index is -0.109. The summed E-state index contributed by atoms with van der Waals surface area (Å²) in [6.07, 6.45) is 9.39. The third-order valence-corrected chi connectivity index (χ3v) is 4.69. The van der Waals surface area contributed by atoms with E-state index in [-0.39, 0.29) is 18.2 Å². The van der Waals surface area contributed by atoms with E-state index in [4.69, 9.17) is 9.47 Å². The van der Waals surface area contributed by atoms with Crippen LogP contribution >= 0.6 is 0 Å². The van der Waals surface area contributed by atoms with Crippen molar-refractivity contribution in [3.63, 3.8) is 0 Å². The van der Waals surface area contributed by atoms with Crippen molar-refractivity contribution >= 4 is 6.03 Å². The van der Waals surface area contributed by atoms with Gasteiger partial charge in [-0.2, -0.15) is 0 Å². The quantitative estimate of drug-likeness (QED) is 0.783. The Kier molecular flexibility index (Phi) is 6.84. The molecule has 144 valence electrons. The van der Waals surface area contributed by atoms with Gasteiger partial charge in [-0.05, 0) is 49.8 Å². The minimum absolute atomic E-state index is 0.109. The molecule has 0 saturated heterocycles. The van der Waals surface area contributed by atoms with Gasteiger partial charge in [0.05, 0.1) is 13.3 Å². The van der Waals surface area contributed by atoms with Gasteiger partial charge in [-0.15, -0.1) is 0 Å². The molecule has 2 N–H and O–H groups in total. The van der Waals surface area contributed by atoms with E-state index in [9.17, 15) is 4.79 Å². The van der Waals surface area contributed by atoms with Crippen LogP contribution in [0.2, 0.25) is 0 Å². The molecule has 0 bridgehead atoms. The van der Waals surface area contributed by atoms with Crippen molar-refractivity contribution in [1.82, 2.24) is 20.6 Å². The zero-order valence-electron chi connectivity index (χ0n) is 15.6. The first-order valence-corrected chi connectivity index (χ1v) is 9.33. The predicted octanol–water partition coefficient (Wildman–Crippen LogP) is 2.72. The molecular formula is C20H26N4O3. The monoisotopic (exact) mass is 370 g/mol. The van der Waals surface area contributed by atoms with Crippen LogP contribution in [0.3, 0.4) is 0 Å². The maximum absolute atomic E-state index is 12.1. The summed E-state index contributed by atoms with van der Waals surface area (Å²) in [5.41, 5.74) is 1.16. The molecule has 0 spiro atoms. The maximum Gasteiger partial charge on any atom is 0.315 e. The summed E-state index contributed by atoms with van der Waals surface area (Å²) >= 11 is 0. The average Bonchev–Trinajstić information content (AvgIpc) is 2.71. The predicted molar refractivity (Wildman–Crippen MR) is 102 cm³/mol. The zero-order chi connectivity index (χ0) is 18.9. The van der Waals surface area contributed by atoms with Crippen molar-refractivity contribution in [2.45, 2.75) is 44.2 Å². The molecule has 3 rings (SSSR count). The Bertz CT molecular complexity index is 701. The smallest absolute Gasteiger partial charge is 0.315 e. The standard InChI is InChI=1S/C20H26N4O3/c1-26-17-6-2-15(3-7-17)10-11-23-20(25)24-16-4-8-18(9-5-16)27-19-14-21-12-13-22-19/h2-3,6-7,12-14,16,18H,4-5,8-11H2,1H3,(H2,23,24,25). The molecule has 1 aromatic heterocycles. The Morgan fingerprint density at radius 3 is 2.59 bits per heavy atom. The van der Waals surface area contributed by atoms with Crippen LogP contribution in [0.1, 0.15) is 31.2 Å². The lowest BCUT2D eigenvalue weighted by molar-refractivity contribution is 0.134. The lowest BCUT2D eigenvalue weighted by atomic mass is 9.93. The molecule has 7 nitrogen and oxygen atoms in total. The fraction of sp³-hybridized carbons (Fsp3) is 0.450. The first kappa shape index (κ1) is 18.9. The van der Waals surface area contributed by atoms with Crippen LogP contribution in [0, 0.1) is 0 Å². The van der Waals surface area contributed by atoms with Crippen LogP contribution in [-0.2, 0) is 6.42 Å². The number of hydrogen-bond donors (Lipinski definition) is 2. The topological polar surface area (TPSA) is 85.4 Å². The van der Waals surface area contributed by atoms with E-state index in [1.54, 1.807) is 25.7 Å². The van der Waals surface area contributed by atoms with Gasteiger partial charge in [0, 0.05) is 25.0 Å². The number of nitrogens with one attached hydrogen (secondary N) is 2. The highest BCUT2D eigenvalue weighted by Crippen LogP contribution is 2.22. The molecule has 1 aromatic carbocycles. The summed E-state index contributed by atoms with van der Waals surface area (Å²) < 4.78 is 11.0. The highest BCUT2D eigenvalue weighted by molar-refractivity contribution is 5.74. The van der Waals surface area contributed by atoms with E-state index in [1.165, 1.54) is 0 Å². The molecule has 0 atom stereocenters. The average molecular weight is 370 g/mol. The van der Waals surface area contributed by atoms with Gasteiger partial charge in [0.2, 0.25) is 5.88 Å². The summed E-state index contributed by atoms with van der Waals surface area (Å²) in [5, 5.41) is 5.98. The van der Waals surface area contributed by atoms with E-state index in [1.807, 2.05) is 24.3 Å². The number of urea groups is 1. The minimum Gasteiger partial charge on any atom is -0.497 e. The van der Waals surface area contributed by atoms with E-state index < -0.39 is 0 Å². The van der Waals surface area contributed by atoms with Crippen molar-refractivity contribution in [3.05, 3.63) is 48.4 Å². The van der Waals surface area contributed by atoms with Crippen LogP contribution in [0.15, 0.2) is 42.9 Å². The third-order valence-electron chi connectivity index (χ3n) is 4.69. The summed E-state index contributed by atoms with van der Waals surface area (Å²) in [6.45, 7) is 0.600. The number of aromatic nitrogens is 2. The van der Waals surface area contributed by atoms with Gasteiger partial charge in [0.1, 0.15) is 11.9 Å². The molecule has 0 unspecified atom stereocenters. The Labute approximate surface area is 159 Å². The van der Waals surface area contributed by atoms with Crippen LogP contribution in [0.4, 0.5) is 4.79 Å². The van der Waals surface area contributed by atoms with Crippen LogP contribution in [-0.4, -0.2) is 41.8 Å². The van der Waals surface area contributed by atoms with Gasteiger partial charge in [-0.25, -0.2) is 9.78 Å². The van der Waals surface area contributed by atoms with Crippen LogP contribution in [0.5, 0.6) is 11.6 Å². The Balaban J connectivity index is 1.32. The molecule has 1 heterocycles. The molecule has 1 aliphatic rings. The fourth-order valence-corrected chi connectivity index (χ4v) is 3.19. The number of hydrogen-bond acceptors (Lipinski definition) is 5. The molecule has 2 aromatic rings. The van der Waals surface area contributed by atoms with Crippen molar-refractivity contribution in [2.24, 2.45) is 0 Å². The Hall–Kier alpha value is -2.83. The lowest BCUT2D eigenvalue weighted by Gasteiger charge is -2.29. The number of carbonyl (C=O) groups is 1. The summed E-state index contributed by atoms with van der Waals surface area (Å²) in [5.74, 6) is 1.40. The summed E-state index contributed by atoms with van der Waals surface area (Å²) in [4.78, 5) is 20.2. The number of ether oxygens (including phenoxy) is 2. The fourth-order valence-electron chi connectivity index (χ4n) is 3.19. The second kappa shape index (κ2) is 9.75. The molecule has 7 heteroatoms.